The first-order valence-electron chi connectivity index (χ1n) is 3.53. The molecule has 2 bridgehead atoms. The van der Waals surface area contributed by atoms with Crippen molar-refractivity contribution >= 4 is 0 Å². The van der Waals surface area contributed by atoms with Crippen LogP contribution >= 0.6 is 0 Å². The molecule has 2 heterocycles. The molecule has 2 rings (SSSR count). The van der Waals surface area contributed by atoms with E-state index in [1.807, 2.05) is 0 Å². The molecule has 0 amide bonds. The van der Waals surface area contributed by atoms with Crippen LogP contribution in [0.15, 0.2) is 0 Å². The van der Waals surface area contributed by atoms with Gasteiger partial charge in [-0.3, -0.25) is 0 Å². The van der Waals surface area contributed by atoms with E-state index >= 15 is 0 Å². The lowest BCUT2D eigenvalue weighted by atomic mass is 10.1. The maximum Gasteiger partial charge on any atom is 0.00729 e. The summed E-state index contributed by atoms with van der Waals surface area (Å²) in [5.74, 6) is 0. The Hall–Kier alpha value is -0.0400. The summed E-state index contributed by atoms with van der Waals surface area (Å²) in [5, 5.41) is 3.56. The fourth-order valence-electron chi connectivity index (χ4n) is 1.77. The largest absolute Gasteiger partial charge is 0.311 e. The highest BCUT2D eigenvalue weighted by Crippen LogP contribution is 2.24. The Balaban J connectivity index is 2.03. The minimum atomic E-state index is 0.855. The quantitative estimate of drug-likeness (QED) is 0.492. The van der Waals surface area contributed by atoms with E-state index in [0.717, 1.165) is 12.1 Å². The standard InChI is InChI=1S/C7H12N/c1-2-6-4-5-7(3-1)8-6/h1,6-8H,2-5H2/t6-,7+. The second-order valence-corrected chi connectivity index (χ2v) is 2.90. The summed E-state index contributed by atoms with van der Waals surface area (Å²) in [7, 11) is 0. The molecule has 1 nitrogen and oxygen atoms in total. The summed E-state index contributed by atoms with van der Waals surface area (Å²) in [6.45, 7) is 0. The van der Waals surface area contributed by atoms with Crippen LogP contribution in [-0.4, -0.2) is 12.1 Å². The molecule has 2 atom stereocenters. The third kappa shape index (κ3) is 0.655. The molecule has 2 fully saturated rings. The number of fused-ring (bicyclic) bond motifs is 2. The lowest BCUT2D eigenvalue weighted by molar-refractivity contribution is 0.469. The number of rotatable bonds is 0. The van der Waals surface area contributed by atoms with E-state index in [0.29, 0.717) is 0 Å². The van der Waals surface area contributed by atoms with Gasteiger partial charge >= 0.3 is 0 Å². The van der Waals surface area contributed by atoms with Crippen LogP contribution in [0, 0.1) is 6.42 Å². The van der Waals surface area contributed by atoms with Crippen LogP contribution < -0.4 is 5.32 Å². The van der Waals surface area contributed by atoms with Gasteiger partial charge < -0.3 is 5.32 Å². The molecule has 0 aromatic carbocycles. The molecule has 0 spiro atoms. The predicted molar refractivity (Wildman–Crippen MR) is 33.5 cm³/mol. The Bertz CT molecular complexity index is 76.4. The molecule has 0 unspecified atom stereocenters. The van der Waals surface area contributed by atoms with E-state index in [-0.39, 0.29) is 0 Å². The minimum absolute atomic E-state index is 0.855. The third-order valence-corrected chi connectivity index (χ3v) is 2.24. The van der Waals surface area contributed by atoms with Crippen molar-refractivity contribution in [2.45, 2.75) is 37.8 Å². The topological polar surface area (TPSA) is 12.0 Å². The fraction of sp³-hybridized carbons (Fsp3) is 0.857. The van der Waals surface area contributed by atoms with Gasteiger partial charge in [0.2, 0.25) is 0 Å². The van der Waals surface area contributed by atoms with E-state index in [2.05, 4.69) is 11.7 Å². The van der Waals surface area contributed by atoms with Crippen LogP contribution in [0.3, 0.4) is 0 Å². The van der Waals surface area contributed by atoms with Crippen LogP contribution in [-0.2, 0) is 0 Å². The summed E-state index contributed by atoms with van der Waals surface area (Å²) in [6, 6.07) is 1.71. The monoisotopic (exact) mass is 110 g/mol. The molecule has 0 aromatic heterocycles. The van der Waals surface area contributed by atoms with Crippen LogP contribution in [0.1, 0.15) is 25.7 Å². The van der Waals surface area contributed by atoms with Crippen molar-refractivity contribution in [3.8, 4) is 0 Å². The zero-order valence-electron chi connectivity index (χ0n) is 5.06. The second-order valence-electron chi connectivity index (χ2n) is 2.90. The van der Waals surface area contributed by atoms with Crippen molar-refractivity contribution in [3.63, 3.8) is 0 Å². The van der Waals surface area contributed by atoms with Gasteiger partial charge in [-0.1, -0.05) is 0 Å². The van der Waals surface area contributed by atoms with Crippen molar-refractivity contribution in [2.24, 2.45) is 0 Å². The van der Waals surface area contributed by atoms with Gasteiger partial charge in [-0.05, 0) is 32.1 Å². The molecule has 1 radical (unpaired) electrons. The van der Waals surface area contributed by atoms with Crippen molar-refractivity contribution < 1.29 is 0 Å². The molecular weight excluding hydrogens is 98.1 g/mol. The van der Waals surface area contributed by atoms with Crippen molar-refractivity contribution in [1.29, 1.82) is 0 Å². The smallest absolute Gasteiger partial charge is 0.00729 e. The molecule has 1 heteroatoms. The van der Waals surface area contributed by atoms with E-state index in [9.17, 15) is 0 Å². The Kier molecular flexibility index (Phi) is 1.04. The average Bonchev–Trinajstić information content (AvgIpc) is 2.12. The predicted octanol–water partition coefficient (Wildman–Crippen LogP) is 1.11. The normalized spacial score (nSPS) is 45.0. The minimum Gasteiger partial charge on any atom is -0.311 e. The summed E-state index contributed by atoms with van der Waals surface area (Å²) in [4.78, 5) is 0. The van der Waals surface area contributed by atoms with E-state index in [1.165, 1.54) is 25.7 Å². The average molecular weight is 110 g/mol. The molecule has 2 aliphatic rings. The maximum absolute atomic E-state index is 3.56. The van der Waals surface area contributed by atoms with Crippen LogP contribution in [0.25, 0.3) is 0 Å². The Morgan fingerprint density at radius 1 is 1.12 bits per heavy atom. The van der Waals surface area contributed by atoms with Crippen molar-refractivity contribution in [2.75, 3.05) is 0 Å². The van der Waals surface area contributed by atoms with E-state index < -0.39 is 0 Å². The van der Waals surface area contributed by atoms with Gasteiger partial charge in [0.25, 0.3) is 0 Å². The van der Waals surface area contributed by atoms with E-state index in [4.69, 9.17) is 0 Å². The first-order chi connectivity index (χ1) is 3.95. The SMILES string of the molecule is [CH]1C[C@@H]2CC[C@H](C1)N2. The van der Waals surface area contributed by atoms with Gasteiger partial charge in [-0.2, -0.15) is 0 Å². The fourth-order valence-corrected chi connectivity index (χ4v) is 1.77. The highest BCUT2D eigenvalue weighted by molar-refractivity contribution is 4.95. The zero-order valence-corrected chi connectivity index (χ0v) is 5.06. The molecule has 45 valence electrons. The van der Waals surface area contributed by atoms with Crippen LogP contribution in [0.5, 0.6) is 0 Å². The number of hydrogen-bond acceptors (Lipinski definition) is 1. The molecule has 0 aromatic rings. The lowest BCUT2D eigenvalue weighted by Gasteiger charge is -2.19. The summed E-state index contributed by atoms with van der Waals surface area (Å²) < 4.78 is 0. The van der Waals surface area contributed by atoms with Crippen molar-refractivity contribution in [1.82, 2.24) is 5.32 Å². The lowest BCUT2D eigenvalue weighted by Crippen LogP contribution is -2.33. The van der Waals surface area contributed by atoms with Gasteiger partial charge in [0.1, 0.15) is 0 Å². The maximum atomic E-state index is 3.56. The summed E-state index contributed by atoms with van der Waals surface area (Å²) in [5.41, 5.74) is 0. The number of hydrogen-bond donors (Lipinski definition) is 1. The Morgan fingerprint density at radius 3 is 2.25 bits per heavy atom. The van der Waals surface area contributed by atoms with Gasteiger partial charge in [0, 0.05) is 12.1 Å². The first-order valence-corrected chi connectivity index (χ1v) is 3.53. The van der Waals surface area contributed by atoms with Crippen molar-refractivity contribution in [3.05, 3.63) is 6.42 Å². The first kappa shape index (κ1) is 4.80. The van der Waals surface area contributed by atoms with E-state index in [1.54, 1.807) is 0 Å². The van der Waals surface area contributed by atoms with Crippen LogP contribution in [0.2, 0.25) is 0 Å². The number of nitrogens with one attached hydrogen (secondary N) is 1. The highest BCUT2D eigenvalue weighted by atomic mass is 15.0. The Labute approximate surface area is 50.5 Å². The van der Waals surface area contributed by atoms with Gasteiger partial charge in [0.15, 0.2) is 0 Å². The second kappa shape index (κ2) is 1.73. The Morgan fingerprint density at radius 2 is 1.75 bits per heavy atom. The highest BCUT2D eigenvalue weighted by Gasteiger charge is 2.26. The molecular formula is C7H12N. The summed E-state index contributed by atoms with van der Waals surface area (Å²) >= 11 is 0. The molecule has 2 aliphatic heterocycles. The number of piperidine rings is 1. The molecule has 1 N–H and O–H groups in total. The third-order valence-electron chi connectivity index (χ3n) is 2.24. The molecule has 2 saturated heterocycles. The van der Waals surface area contributed by atoms with Crippen LogP contribution in [0.4, 0.5) is 0 Å². The molecule has 0 saturated carbocycles. The van der Waals surface area contributed by atoms with Gasteiger partial charge in [-0.15, -0.1) is 0 Å². The summed E-state index contributed by atoms with van der Waals surface area (Å²) in [6.07, 6.45) is 7.90. The molecule has 0 aliphatic carbocycles. The zero-order chi connectivity index (χ0) is 5.40. The van der Waals surface area contributed by atoms with Gasteiger partial charge in [0.05, 0.1) is 0 Å². The molecule has 8 heavy (non-hydrogen) atoms. The van der Waals surface area contributed by atoms with Gasteiger partial charge in [-0.25, -0.2) is 0 Å².